The minimum absolute atomic E-state index is 0.0124. The van der Waals surface area contributed by atoms with Crippen molar-refractivity contribution in [3.05, 3.63) is 58.2 Å². The standard InChI is InChI=1S/C15H11Cl2NO3S/c1-9-6-15(13(17)8-12(9)16)22(20,21)18-5-4-10-7-11(19)2-3-14(10)18/h2-8,19H,1H3. The summed E-state index contributed by atoms with van der Waals surface area (Å²) in [5, 5.41) is 10.6. The van der Waals surface area contributed by atoms with Crippen molar-refractivity contribution in [2.45, 2.75) is 11.8 Å². The molecule has 114 valence electrons. The first-order valence-corrected chi connectivity index (χ1v) is 8.51. The molecule has 0 atom stereocenters. The Morgan fingerprint density at radius 1 is 1.05 bits per heavy atom. The number of benzene rings is 2. The van der Waals surface area contributed by atoms with Crippen LogP contribution in [0.5, 0.6) is 5.75 Å². The molecule has 0 saturated carbocycles. The van der Waals surface area contributed by atoms with Crippen LogP contribution in [0.1, 0.15) is 5.56 Å². The molecule has 1 heterocycles. The van der Waals surface area contributed by atoms with Gasteiger partial charge in [-0.15, -0.1) is 0 Å². The van der Waals surface area contributed by atoms with Gasteiger partial charge in [0.2, 0.25) is 0 Å². The van der Waals surface area contributed by atoms with Crippen LogP contribution in [0.25, 0.3) is 10.9 Å². The molecule has 0 aliphatic heterocycles. The number of phenols is 1. The molecular weight excluding hydrogens is 345 g/mol. The predicted octanol–water partition coefficient (Wildman–Crippen LogP) is 4.20. The Kier molecular flexibility index (Phi) is 3.59. The van der Waals surface area contributed by atoms with Gasteiger partial charge in [-0.2, -0.15) is 0 Å². The molecule has 0 aliphatic rings. The molecule has 7 heteroatoms. The third kappa shape index (κ3) is 2.35. The van der Waals surface area contributed by atoms with Crippen molar-refractivity contribution in [3.8, 4) is 5.75 Å². The lowest BCUT2D eigenvalue weighted by Crippen LogP contribution is -2.12. The molecule has 2 aromatic carbocycles. The quantitative estimate of drug-likeness (QED) is 0.749. The third-order valence-electron chi connectivity index (χ3n) is 3.39. The Morgan fingerprint density at radius 2 is 1.77 bits per heavy atom. The number of hydrogen-bond donors (Lipinski definition) is 1. The van der Waals surface area contributed by atoms with Gasteiger partial charge in [-0.05, 0) is 48.9 Å². The average Bonchev–Trinajstić information content (AvgIpc) is 2.86. The lowest BCUT2D eigenvalue weighted by molar-refractivity contribution is 0.476. The van der Waals surface area contributed by atoms with Crippen LogP contribution in [0.2, 0.25) is 10.0 Å². The van der Waals surface area contributed by atoms with Gasteiger partial charge < -0.3 is 5.11 Å². The van der Waals surface area contributed by atoms with Gasteiger partial charge in [0.15, 0.2) is 0 Å². The van der Waals surface area contributed by atoms with Crippen molar-refractivity contribution in [1.82, 2.24) is 3.97 Å². The monoisotopic (exact) mass is 355 g/mol. The SMILES string of the molecule is Cc1cc(S(=O)(=O)n2ccc3cc(O)ccc32)c(Cl)cc1Cl. The van der Waals surface area contributed by atoms with Crippen molar-refractivity contribution in [2.75, 3.05) is 0 Å². The Bertz CT molecular complexity index is 993. The fourth-order valence-corrected chi connectivity index (χ4v) is 4.41. The van der Waals surface area contributed by atoms with Crippen molar-refractivity contribution in [3.63, 3.8) is 0 Å². The third-order valence-corrected chi connectivity index (χ3v) is 5.95. The van der Waals surface area contributed by atoms with E-state index in [1.54, 1.807) is 19.1 Å². The van der Waals surface area contributed by atoms with Gasteiger partial charge in [0.05, 0.1) is 10.5 Å². The van der Waals surface area contributed by atoms with E-state index in [4.69, 9.17) is 23.2 Å². The second-order valence-electron chi connectivity index (χ2n) is 4.89. The van der Waals surface area contributed by atoms with Gasteiger partial charge in [0.1, 0.15) is 10.6 Å². The number of hydrogen-bond acceptors (Lipinski definition) is 3. The number of fused-ring (bicyclic) bond motifs is 1. The van der Waals surface area contributed by atoms with Crippen LogP contribution >= 0.6 is 23.2 Å². The van der Waals surface area contributed by atoms with E-state index >= 15 is 0 Å². The summed E-state index contributed by atoms with van der Waals surface area (Å²) in [6, 6.07) is 8.95. The van der Waals surface area contributed by atoms with Crippen LogP contribution in [0, 0.1) is 6.92 Å². The fourth-order valence-electron chi connectivity index (χ4n) is 2.25. The minimum Gasteiger partial charge on any atom is -0.508 e. The zero-order valence-electron chi connectivity index (χ0n) is 11.4. The van der Waals surface area contributed by atoms with Crippen LogP contribution in [0.15, 0.2) is 47.5 Å². The maximum atomic E-state index is 12.9. The molecule has 0 spiro atoms. The summed E-state index contributed by atoms with van der Waals surface area (Å²) in [5.74, 6) is 0.0722. The smallest absolute Gasteiger partial charge is 0.269 e. The molecule has 22 heavy (non-hydrogen) atoms. The molecule has 3 aromatic rings. The molecule has 0 amide bonds. The van der Waals surface area contributed by atoms with Gasteiger partial charge >= 0.3 is 0 Å². The molecule has 1 N–H and O–H groups in total. The highest BCUT2D eigenvalue weighted by Crippen LogP contribution is 2.31. The molecule has 0 aliphatic carbocycles. The van der Waals surface area contributed by atoms with E-state index in [1.807, 2.05) is 0 Å². The lowest BCUT2D eigenvalue weighted by atomic mass is 10.2. The fraction of sp³-hybridized carbons (Fsp3) is 0.0667. The van der Waals surface area contributed by atoms with Gasteiger partial charge in [-0.1, -0.05) is 23.2 Å². The molecule has 0 radical (unpaired) electrons. The number of aromatic hydroxyl groups is 1. The number of phenolic OH excluding ortho intramolecular Hbond substituents is 1. The summed E-state index contributed by atoms with van der Waals surface area (Å²) in [4.78, 5) is -0.0124. The maximum Gasteiger partial charge on any atom is 0.269 e. The summed E-state index contributed by atoms with van der Waals surface area (Å²) < 4.78 is 26.8. The van der Waals surface area contributed by atoms with E-state index in [2.05, 4.69) is 0 Å². The molecule has 0 unspecified atom stereocenters. The van der Waals surface area contributed by atoms with E-state index in [0.717, 1.165) is 3.97 Å². The zero-order chi connectivity index (χ0) is 16.1. The summed E-state index contributed by atoms with van der Waals surface area (Å²) in [6.45, 7) is 1.71. The van der Waals surface area contributed by atoms with E-state index < -0.39 is 10.0 Å². The van der Waals surface area contributed by atoms with E-state index in [-0.39, 0.29) is 15.7 Å². The normalized spacial score (nSPS) is 12.0. The minimum atomic E-state index is -3.86. The van der Waals surface area contributed by atoms with Crippen LogP contribution in [0.3, 0.4) is 0 Å². The Labute approximate surface area is 137 Å². The average molecular weight is 356 g/mol. The molecule has 0 bridgehead atoms. The second-order valence-corrected chi connectivity index (χ2v) is 7.49. The Hall–Kier alpha value is -1.69. The summed E-state index contributed by atoms with van der Waals surface area (Å²) in [7, 11) is -3.86. The highest BCUT2D eigenvalue weighted by atomic mass is 35.5. The zero-order valence-corrected chi connectivity index (χ0v) is 13.7. The van der Waals surface area contributed by atoms with Gasteiger partial charge in [0, 0.05) is 16.6 Å². The van der Waals surface area contributed by atoms with Gasteiger partial charge in [-0.25, -0.2) is 12.4 Å². The summed E-state index contributed by atoms with van der Waals surface area (Å²) >= 11 is 12.0. The summed E-state index contributed by atoms with van der Waals surface area (Å²) in [6.07, 6.45) is 1.43. The highest BCUT2D eigenvalue weighted by Gasteiger charge is 2.23. The molecule has 0 saturated heterocycles. The molecule has 4 nitrogen and oxygen atoms in total. The van der Waals surface area contributed by atoms with Crippen molar-refractivity contribution in [1.29, 1.82) is 0 Å². The maximum absolute atomic E-state index is 12.9. The Morgan fingerprint density at radius 3 is 2.50 bits per heavy atom. The number of aromatic nitrogens is 1. The second kappa shape index (κ2) is 5.19. The molecular formula is C15H11Cl2NO3S. The Balaban J connectivity index is 2.27. The number of rotatable bonds is 2. The first-order valence-electron chi connectivity index (χ1n) is 6.32. The first kappa shape index (κ1) is 15.2. The van der Waals surface area contributed by atoms with Crippen LogP contribution < -0.4 is 0 Å². The van der Waals surface area contributed by atoms with Crippen molar-refractivity contribution >= 4 is 44.1 Å². The highest BCUT2D eigenvalue weighted by molar-refractivity contribution is 7.90. The largest absolute Gasteiger partial charge is 0.508 e. The van der Waals surface area contributed by atoms with E-state index in [0.29, 0.717) is 21.5 Å². The summed E-state index contributed by atoms with van der Waals surface area (Å²) in [5.41, 5.74) is 1.08. The molecule has 0 fully saturated rings. The van der Waals surface area contributed by atoms with Gasteiger partial charge in [0.25, 0.3) is 10.0 Å². The number of halogens is 2. The lowest BCUT2D eigenvalue weighted by Gasteiger charge is -2.11. The topological polar surface area (TPSA) is 59.3 Å². The van der Waals surface area contributed by atoms with Crippen LogP contribution in [-0.2, 0) is 10.0 Å². The van der Waals surface area contributed by atoms with Crippen LogP contribution in [-0.4, -0.2) is 17.5 Å². The first-order chi connectivity index (χ1) is 10.3. The number of aryl methyl sites for hydroxylation is 1. The van der Waals surface area contributed by atoms with Crippen molar-refractivity contribution < 1.29 is 13.5 Å². The number of nitrogens with zero attached hydrogens (tertiary/aromatic N) is 1. The predicted molar refractivity (Wildman–Crippen MR) is 87.4 cm³/mol. The van der Waals surface area contributed by atoms with E-state index in [1.165, 1.54) is 30.5 Å². The molecule has 1 aromatic heterocycles. The van der Waals surface area contributed by atoms with Gasteiger partial charge in [-0.3, -0.25) is 0 Å². The van der Waals surface area contributed by atoms with Crippen LogP contribution in [0.4, 0.5) is 0 Å². The molecule has 3 rings (SSSR count). The van der Waals surface area contributed by atoms with Crippen molar-refractivity contribution in [2.24, 2.45) is 0 Å². The van der Waals surface area contributed by atoms with E-state index in [9.17, 15) is 13.5 Å².